The largest absolute Gasteiger partial charge is 0.347 e. The van der Waals surface area contributed by atoms with Crippen LogP contribution in [0, 0.1) is 6.92 Å². The minimum atomic E-state index is 0.202. The summed E-state index contributed by atoms with van der Waals surface area (Å²) < 4.78 is 2.33. The monoisotopic (exact) mass is 258 g/mol. The van der Waals surface area contributed by atoms with Gasteiger partial charge >= 0.3 is 0 Å². The van der Waals surface area contributed by atoms with E-state index < -0.39 is 0 Å². The van der Waals surface area contributed by atoms with Crippen LogP contribution in [0.25, 0.3) is 10.9 Å². The van der Waals surface area contributed by atoms with Crippen molar-refractivity contribution in [2.45, 2.75) is 46.0 Å². The normalized spacial score (nSPS) is 12.3. The van der Waals surface area contributed by atoms with Crippen LogP contribution < -0.4 is 5.73 Å². The second kappa shape index (κ2) is 5.01. The van der Waals surface area contributed by atoms with Crippen LogP contribution in [0.2, 0.25) is 0 Å². The molecule has 0 atom stereocenters. The maximum Gasteiger partial charge on any atom is 0.0482 e. The summed E-state index contributed by atoms with van der Waals surface area (Å²) in [5.74, 6) is 0. The Bertz CT molecular complexity index is 585. The lowest BCUT2D eigenvalue weighted by molar-refractivity contribution is 0.591. The Labute approximate surface area is 116 Å². The number of nitrogens with zero attached hydrogens (tertiary/aromatic N) is 1. The van der Waals surface area contributed by atoms with Crippen LogP contribution in [0.1, 0.15) is 44.0 Å². The lowest BCUT2D eigenvalue weighted by atomic mass is 9.86. The summed E-state index contributed by atoms with van der Waals surface area (Å²) in [4.78, 5) is 0. The van der Waals surface area contributed by atoms with E-state index in [-0.39, 0.29) is 5.41 Å². The fourth-order valence-corrected chi connectivity index (χ4v) is 2.77. The number of aryl methyl sites for hydroxylation is 2. The van der Waals surface area contributed by atoms with Crippen molar-refractivity contribution in [3.05, 3.63) is 35.0 Å². The molecule has 2 heteroatoms. The van der Waals surface area contributed by atoms with E-state index in [0.29, 0.717) is 0 Å². The second-order valence-electron chi connectivity index (χ2n) is 6.50. The van der Waals surface area contributed by atoms with Crippen molar-refractivity contribution in [1.29, 1.82) is 0 Å². The van der Waals surface area contributed by atoms with Crippen molar-refractivity contribution >= 4 is 10.9 Å². The van der Waals surface area contributed by atoms with E-state index >= 15 is 0 Å². The van der Waals surface area contributed by atoms with Crippen molar-refractivity contribution in [1.82, 2.24) is 4.57 Å². The number of rotatable bonds is 3. The first-order chi connectivity index (χ1) is 8.86. The van der Waals surface area contributed by atoms with Gasteiger partial charge in [0.05, 0.1) is 0 Å². The molecule has 0 aliphatic carbocycles. The molecule has 19 heavy (non-hydrogen) atoms. The first kappa shape index (κ1) is 14.1. The van der Waals surface area contributed by atoms with Crippen molar-refractivity contribution in [2.24, 2.45) is 12.8 Å². The van der Waals surface area contributed by atoms with Gasteiger partial charge in [0.1, 0.15) is 0 Å². The van der Waals surface area contributed by atoms with Gasteiger partial charge in [-0.2, -0.15) is 0 Å². The molecule has 1 heterocycles. The molecule has 2 rings (SSSR count). The molecular formula is C17H26N2. The quantitative estimate of drug-likeness (QED) is 0.894. The Hall–Kier alpha value is -1.28. The molecule has 0 aliphatic rings. The van der Waals surface area contributed by atoms with Crippen LogP contribution in [-0.4, -0.2) is 11.1 Å². The molecule has 0 saturated heterocycles. The average Bonchev–Trinajstić information content (AvgIpc) is 2.59. The van der Waals surface area contributed by atoms with E-state index in [1.54, 1.807) is 0 Å². The van der Waals surface area contributed by atoms with Crippen LogP contribution in [-0.2, 0) is 18.9 Å². The van der Waals surface area contributed by atoms with Gasteiger partial charge in [-0.1, -0.05) is 26.8 Å². The Balaban J connectivity index is 2.57. The Morgan fingerprint density at radius 3 is 2.47 bits per heavy atom. The van der Waals surface area contributed by atoms with Gasteiger partial charge in [0, 0.05) is 23.6 Å². The number of benzene rings is 1. The van der Waals surface area contributed by atoms with Crippen molar-refractivity contribution in [3.63, 3.8) is 0 Å². The zero-order valence-electron chi connectivity index (χ0n) is 12.9. The maximum atomic E-state index is 5.64. The van der Waals surface area contributed by atoms with Gasteiger partial charge in [-0.25, -0.2) is 0 Å². The average molecular weight is 258 g/mol. The molecule has 0 amide bonds. The summed E-state index contributed by atoms with van der Waals surface area (Å²) >= 11 is 0. The molecule has 0 spiro atoms. The van der Waals surface area contributed by atoms with E-state index in [9.17, 15) is 0 Å². The van der Waals surface area contributed by atoms with Crippen molar-refractivity contribution in [3.8, 4) is 0 Å². The van der Waals surface area contributed by atoms with E-state index in [4.69, 9.17) is 5.73 Å². The molecule has 2 aromatic rings. The predicted molar refractivity (Wildman–Crippen MR) is 83.7 cm³/mol. The molecular weight excluding hydrogens is 232 g/mol. The SMILES string of the molecule is Cc1c(CCCN)n(C)c2ccc(C(C)(C)C)cc12. The van der Waals surface area contributed by atoms with Gasteiger partial charge in [0.2, 0.25) is 0 Å². The van der Waals surface area contributed by atoms with Crippen LogP contribution in [0.4, 0.5) is 0 Å². The molecule has 2 nitrogen and oxygen atoms in total. The molecule has 0 bridgehead atoms. The molecule has 1 aromatic heterocycles. The van der Waals surface area contributed by atoms with Gasteiger partial charge in [0.15, 0.2) is 0 Å². The third-order valence-corrected chi connectivity index (χ3v) is 4.08. The lowest BCUT2D eigenvalue weighted by Crippen LogP contribution is -2.10. The summed E-state index contributed by atoms with van der Waals surface area (Å²) in [5, 5.41) is 1.39. The molecule has 0 radical (unpaired) electrons. The van der Waals surface area contributed by atoms with Gasteiger partial charge in [-0.05, 0) is 55.0 Å². The summed E-state index contributed by atoms with van der Waals surface area (Å²) in [7, 11) is 2.16. The molecule has 0 aliphatic heterocycles. The van der Waals surface area contributed by atoms with Crippen molar-refractivity contribution in [2.75, 3.05) is 6.54 Å². The number of nitrogens with two attached hydrogens (primary N) is 1. The highest BCUT2D eigenvalue weighted by Gasteiger charge is 2.17. The third-order valence-electron chi connectivity index (χ3n) is 4.08. The van der Waals surface area contributed by atoms with E-state index in [0.717, 1.165) is 19.4 Å². The van der Waals surface area contributed by atoms with E-state index in [1.807, 2.05) is 0 Å². The highest BCUT2D eigenvalue weighted by atomic mass is 14.9. The van der Waals surface area contributed by atoms with E-state index in [2.05, 4.69) is 57.5 Å². The molecule has 1 aromatic carbocycles. The molecule has 0 fully saturated rings. The van der Waals surface area contributed by atoms with Crippen LogP contribution >= 0.6 is 0 Å². The molecule has 104 valence electrons. The lowest BCUT2D eigenvalue weighted by Gasteiger charge is -2.19. The molecule has 0 saturated carbocycles. The maximum absolute atomic E-state index is 5.64. The zero-order chi connectivity index (χ0) is 14.2. The topological polar surface area (TPSA) is 30.9 Å². The minimum Gasteiger partial charge on any atom is -0.347 e. The Morgan fingerprint density at radius 1 is 1.21 bits per heavy atom. The third kappa shape index (κ3) is 2.55. The number of hydrogen-bond donors (Lipinski definition) is 1. The second-order valence-corrected chi connectivity index (χ2v) is 6.50. The van der Waals surface area contributed by atoms with Gasteiger partial charge in [0.25, 0.3) is 0 Å². The Morgan fingerprint density at radius 2 is 1.89 bits per heavy atom. The predicted octanol–water partition coefficient (Wildman–Crippen LogP) is 3.68. The molecule has 2 N–H and O–H groups in total. The van der Waals surface area contributed by atoms with Gasteiger partial charge in [-0.3, -0.25) is 0 Å². The highest BCUT2D eigenvalue weighted by Crippen LogP contribution is 2.30. The first-order valence-corrected chi connectivity index (χ1v) is 7.14. The fraction of sp³-hybridized carbons (Fsp3) is 0.529. The fourth-order valence-electron chi connectivity index (χ4n) is 2.77. The minimum absolute atomic E-state index is 0.202. The summed E-state index contributed by atoms with van der Waals surface area (Å²) in [5.41, 5.74) is 11.4. The van der Waals surface area contributed by atoms with Crippen molar-refractivity contribution < 1.29 is 0 Å². The van der Waals surface area contributed by atoms with Crippen LogP contribution in [0.5, 0.6) is 0 Å². The first-order valence-electron chi connectivity index (χ1n) is 7.14. The summed E-state index contributed by atoms with van der Waals surface area (Å²) in [6, 6.07) is 6.87. The standard InChI is InChI=1S/C17H26N2/c1-12-14-11-13(17(2,3)4)8-9-16(14)19(5)15(12)7-6-10-18/h8-9,11H,6-7,10,18H2,1-5H3. The Kier molecular flexibility index (Phi) is 3.73. The van der Waals surface area contributed by atoms with E-state index in [1.165, 1.54) is 27.7 Å². The van der Waals surface area contributed by atoms with Gasteiger partial charge < -0.3 is 10.3 Å². The highest BCUT2D eigenvalue weighted by molar-refractivity contribution is 5.86. The molecule has 0 unspecified atom stereocenters. The number of aromatic nitrogens is 1. The summed E-state index contributed by atoms with van der Waals surface area (Å²) in [6.45, 7) is 9.79. The zero-order valence-corrected chi connectivity index (χ0v) is 12.9. The smallest absolute Gasteiger partial charge is 0.0482 e. The summed E-state index contributed by atoms with van der Waals surface area (Å²) in [6.07, 6.45) is 2.12. The number of hydrogen-bond acceptors (Lipinski definition) is 1. The number of fused-ring (bicyclic) bond motifs is 1. The van der Waals surface area contributed by atoms with Crippen LogP contribution in [0.15, 0.2) is 18.2 Å². The van der Waals surface area contributed by atoms with Crippen LogP contribution in [0.3, 0.4) is 0 Å². The van der Waals surface area contributed by atoms with Gasteiger partial charge in [-0.15, -0.1) is 0 Å².